The molecular weight excluding hydrogens is 288 g/mol. The molecule has 21 heavy (non-hydrogen) atoms. The van der Waals surface area contributed by atoms with Crippen molar-refractivity contribution in [3.8, 4) is 0 Å². The Labute approximate surface area is 128 Å². The first-order valence-corrected chi connectivity index (χ1v) is 8.49. The fourth-order valence-corrected chi connectivity index (χ4v) is 3.32. The highest BCUT2D eigenvalue weighted by molar-refractivity contribution is 7.87. The Hall–Kier alpha value is -0.950. The first kappa shape index (κ1) is 18.1. The van der Waals surface area contributed by atoms with E-state index in [0.717, 1.165) is 5.56 Å². The molecule has 0 heterocycles. The van der Waals surface area contributed by atoms with Gasteiger partial charge in [-0.1, -0.05) is 51.1 Å². The van der Waals surface area contributed by atoms with Crippen LogP contribution in [0, 0.1) is 5.41 Å². The van der Waals surface area contributed by atoms with Gasteiger partial charge in [0, 0.05) is 26.2 Å². The van der Waals surface area contributed by atoms with E-state index in [0.29, 0.717) is 13.0 Å². The van der Waals surface area contributed by atoms with Crippen molar-refractivity contribution >= 4 is 10.2 Å². The predicted molar refractivity (Wildman–Crippen MR) is 84.9 cm³/mol. The van der Waals surface area contributed by atoms with Crippen LogP contribution in [0.4, 0.5) is 0 Å². The highest BCUT2D eigenvalue weighted by atomic mass is 32.2. The Kier molecular flexibility index (Phi) is 6.34. The molecule has 0 saturated heterocycles. The van der Waals surface area contributed by atoms with Gasteiger partial charge in [0.15, 0.2) is 0 Å². The fraction of sp³-hybridized carbons (Fsp3) is 0.600. The van der Waals surface area contributed by atoms with Gasteiger partial charge < -0.3 is 5.11 Å². The lowest BCUT2D eigenvalue weighted by Crippen LogP contribution is -2.49. The minimum absolute atomic E-state index is 0.0488. The van der Waals surface area contributed by atoms with Crippen LogP contribution in [0.25, 0.3) is 0 Å². The number of aliphatic hydroxyl groups is 1. The van der Waals surface area contributed by atoms with Crippen LogP contribution >= 0.6 is 0 Å². The zero-order valence-corrected chi connectivity index (χ0v) is 14.0. The zero-order valence-electron chi connectivity index (χ0n) is 13.2. The number of rotatable bonds is 7. The van der Waals surface area contributed by atoms with Gasteiger partial charge in [0.05, 0.1) is 0 Å². The number of nitrogens with zero attached hydrogens (tertiary/aromatic N) is 1. The molecule has 5 nitrogen and oxygen atoms in total. The molecule has 6 heteroatoms. The van der Waals surface area contributed by atoms with Gasteiger partial charge in [-0.25, -0.2) is 0 Å². The summed E-state index contributed by atoms with van der Waals surface area (Å²) >= 11 is 0. The second kappa shape index (κ2) is 7.35. The van der Waals surface area contributed by atoms with Crippen molar-refractivity contribution in [1.82, 2.24) is 9.03 Å². The van der Waals surface area contributed by atoms with Crippen molar-refractivity contribution < 1.29 is 13.5 Å². The number of hydrogen-bond donors (Lipinski definition) is 2. The summed E-state index contributed by atoms with van der Waals surface area (Å²) in [5.41, 5.74) is 0.670. The van der Waals surface area contributed by atoms with E-state index in [-0.39, 0.29) is 18.1 Å². The minimum atomic E-state index is -3.59. The molecule has 0 aliphatic rings. The van der Waals surface area contributed by atoms with E-state index >= 15 is 0 Å². The molecule has 0 bridgehead atoms. The highest BCUT2D eigenvalue weighted by Crippen LogP contribution is 2.23. The van der Waals surface area contributed by atoms with Gasteiger partial charge >= 0.3 is 0 Å². The van der Waals surface area contributed by atoms with E-state index in [2.05, 4.69) is 4.72 Å². The maximum absolute atomic E-state index is 12.4. The molecule has 1 unspecified atom stereocenters. The Morgan fingerprint density at radius 3 is 2.29 bits per heavy atom. The quantitative estimate of drug-likeness (QED) is 0.805. The number of benzene rings is 1. The monoisotopic (exact) mass is 314 g/mol. The number of hydrogen-bond acceptors (Lipinski definition) is 3. The summed E-state index contributed by atoms with van der Waals surface area (Å²) < 4.78 is 28.8. The van der Waals surface area contributed by atoms with E-state index < -0.39 is 10.2 Å². The first-order chi connectivity index (χ1) is 9.66. The Balaban J connectivity index is 2.79. The van der Waals surface area contributed by atoms with Gasteiger partial charge in [-0.2, -0.15) is 17.4 Å². The molecule has 0 spiro atoms. The summed E-state index contributed by atoms with van der Waals surface area (Å²) in [5, 5.41) is 9.12. The summed E-state index contributed by atoms with van der Waals surface area (Å²) in [4.78, 5) is 0. The van der Waals surface area contributed by atoms with Crippen LogP contribution < -0.4 is 4.72 Å². The molecule has 2 N–H and O–H groups in total. The maximum Gasteiger partial charge on any atom is 0.279 e. The second-order valence-corrected chi connectivity index (χ2v) is 8.10. The van der Waals surface area contributed by atoms with Crippen LogP contribution in [0.15, 0.2) is 30.3 Å². The molecule has 0 amide bonds. The van der Waals surface area contributed by atoms with E-state index in [1.54, 1.807) is 7.05 Å². The van der Waals surface area contributed by atoms with E-state index in [1.165, 1.54) is 4.31 Å². The summed E-state index contributed by atoms with van der Waals surface area (Å²) in [6.07, 6.45) is 0.391. The molecule has 1 aromatic rings. The first-order valence-electron chi connectivity index (χ1n) is 7.05. The molecule has 1 aromatic carbocycles. The van der Waals surface area contributed by atoms with Gasteiger partial charge in [-0.05, 0) is 17.4 Å². The SMILES string of the molecule is CN(Cc1ccccc1)S(=O)(=O)NC(CCO)C(C)(C)C. The minimum Gasteiger partial charge on any atom is -0.396 e. The molecule has 0 aliphatic heterocycles. The third kappa shape index (κ3) is 5.74. The van der Waals surface area contributed by atoms with E-state index in [1.807, 2.05) is 51.1 Å². The Morgan fingerprint density at radius 1 is 1.24 bits per heavy atom. The lowest BCUT2D eigenvalue weighted by Gasteiger charge is -2.32. The van der Waals surface area contributed by atoms with Gasteiger partial charge in [0.25, 0.3) is 10.2 Å². The van der Waals surface area contributed by atoms with Crippen molar-refractivity contribution in [1.29, 1.82) is 0 Å². The summed E-state index contributed by atoms with van der Waals surface area (Å²) in [6, 6.07) is 9.13. The van der Waals surface area contributed by atoms with Gasteiger partial charge in [-0.3, -0.25) is 0 Å². The van der Waals surface area contributed by atoms with Crippen LogP contribution in [0.2, 0.25) is 0 Å². The van der Waals surface area contributed by atoms with E-state index in [9.17, 15) is 8.42 Å². The standard InChI is InChI=1S/C15H26N2O3S/c1-15(2,3)14(10-11-18)16-21(19,20)17(4)12-13-8-6-5-7-9-13/h5-9,14,16,18H,10-12H2,1-4H3. The number of nitrogens with one attached hydrogen (secondary N) is 1. The van der Waals surface area contributed by atoms with Crippen LogP contribution in [-0.2, 0) is 16.8 Å². The van der Waals surface area contributed by atoms with Crippen LogP contribution in [0.3, 0.4) is 0 Å². The molecule has 0 saturated carbocycles. The molecule has 1 atom stereocenters. The van der Waals surface area contributed by atoms with Gasteiger partial charge in [0.2, 0.25) is 0 Å². The zero-order chi connectivity index (χ0) is 16.1. The molecule has 0 aromatic heterocycles. The Morgan fingerprint density at radius 2 is 1.81 bits per heavy atom. The van der Waals surface area contributed by atoms with Crippen molar-refractivity contribution in [3.05, 3.63) is 35.9 Å². The van der Waals surface area contributed by atoms with Crippen LogP contribution in [-0.4, -0.2) is 37.5 Å². The molecule has 120 valence electrons. The predicted octanol–water partition coefficient (Wildman–Crippen LogP) is 1.75. The van der Waals surface area contributed by atoms with Crippen LogP contribution in [0.1, 0.15) is 32.8 Å². The second-order valence-electron chi connectivity index (χ2n) is 6.30. The fourth-order valence-electron chi connectivity index (χ4n) is 1.99. The third-order valence-electron chi connectivity index (χ3n) is 3.41. The van der Waals surface area contributed by atoms with Gasteiger partial charge in [-0.15, -0.1) is 0 Å². The van der Waals surface area contributed by atoms with Crippen LogP contribution in [0.5, 0.6) is 0 Å². The molecule has 0 fully saturated rings. The number of aliphatic hydroxyl groups excluding tert-OH is 1. The lowest BCUT2D eigenvalue weighted by atomic mass is 9.86. The smallest absolute Gasteiger partial charge is 0.279 e. The largest absolute Gasteiger partial charge is 0.396 e. The third-order valence-corrected chi connectivity index (χ3v) is 4.94. The summed E-state index contributed by atoms with van der Waals surface area (Å²) in [7, 11) is -2.04. The normalized spacial score (nSPS) is 14.4. The molecule has 0 radical (unpaired) electrons. The van der Waals surface area contributed by atoms with Crippen molar-refractivity contribution in [3.63, 3.8) is 0 Å². The van der Waals surface area contributed by atoms with Crippen molar-refractivity contribution in [2.75, 3.05) is 13.7 Å². The van der Waals surface area contributed by atoms with Crippen molar-refractivity contribution in [2.24, 2.45) is 5.41 Å². The topological polar surface area (TPSA) is 69.6 Å². The molecular formula is C15H26N2O3S. The van der Waals surface area contributed by atoms with Crippen molar-refractivity contribution in [2.45, 2.75) is 39.8 Å². The van der Waals surface area contributed by atoms with E-state index in [4.69, 9.17) is 5.11 Å². The summed E-state index contributed by atoms with van der Waals surface area (Å²) in [6.45, 7) is 6.12. The maximum atomic E-state index is 12.4. The lowest BCUT2D eigenvalue weighted by molar-refractivity contribution is 0.212. The van der Waals surface area contributed by atoms with Gasteiger partial charge in [0.1, 0.15) is 0 Å². The summed E-state index contributed by atoms with van der Waals surface area (Å²) in [5.74, 6) is 0. The molecule has 1 rings (SSSR count). The molecule has 0 aliphatic carbocycles. The highest BCUT2D eigenvalue weighted by Gasteiger charge is 2.30. The average Bonchev–Trinajstić information content (AvgIpc) is 2.38. The Bertz CT molecular complexity index is 524. The average molecular weight is 314 g/mol.